The summed E-state index contributed by atoms with van der Waals surface area (Å²) >= 11 is 1.35. The fraction of sp³-hybridized carbons (Fsp3) is 0.667. The highest BCUT2D eigenvalue weighted by Gasteiger charge is 2.31. The highest BCUT2D eigenvalue weighted by Crippen LogP contribution is 2.27. The van der Waals surface area contributed by atoms with Gasteiger partial charge in [0.15, 0.2) is 0 Å². The van der Waals surface area contributed by atoms with Crippen molar-refractivity contribution in [2.75, 3.05) is 13.1 Å². The quantitative estimate of drug-likeness (QED) is 0.891. The van der Waals surface area contributed by atoms with E-state index in [-0.39, 0.29) is 17.9 Å². The molecule has 0 radical (unpaired) electrons. The molecule has 2 heterocycles. The van der Waals surface area contributed by atoms with Gasteiger partial charge in [-0.05, 0) is 31.4 Å². The molecule has 1 aromatic heterocycles. The molecule has 1 aliphatic heterocycles. The minimum atomic E-state index is -3.38. The van der Waals surface area contributed by atoms with Crippen LogP contribution in [0.2, 0.25) is 0 Å². The van der Waals surface area contributed by atoms with Crippen LogP contribution in [0, 0.1) is 5.92 Å². The monoisotopic (exact) mass is 344 g/mol. The second-order valence-electron chi connectivity index (χ2n) is 5.92. The average Bonchev–Trinajstić information content (AvgIpc) is 2.97. The van der Waals surface area contributed by atoms with Crippen molar-refractivity contribution in [2.24, 2.45) is 5.92 Å². The van der Waals surface area contributed by atoms with Crippen molar-refractivity contribution >= 4 is 27.3 Å². The number of aryl methyl sites for hydroxylation is 1. The van der Waals surface area contributed by atoms with Crippen LogP contribution in [0.25, 0.3) is 0 Å². The second kappa shape index (κ2) is 7.10. The Hall–Kier alpha value is -0.920. The molecule has 22 heavy (non-hydrogen) atoms. The van der Waals surface area contributed by atoms with Gasteiger partial charge < -0.3 is 5.32 Å². The predicted octanol–water partition coefficient (Wildman–Crippen LogP) is 2.24. The molecule has 2 rings (SSSR count). The van der Waals surface area contributed by atoms with Crippen molar-refractivity contribution in [3.63, 3.8) is 0 Å². The lowest BCUT2D eigenvalue weighted by Gasteiger charge is -2.31. The van der Waals surface area contributed by atoms with E-state index in [0.29, 0.717) is 30.1 Å². The number of thiophene rings is 1. The van der Waals surface area contributed by atoms with Gasteiger partial charge in [-0.3, -0.25) is 4.79 Å². The minimum absolute atomic E-state index is 0.0344. The van der Waals surface area contributed by atoms with E-state index in [2.05, 4.69) is 5.32 Å². The third-order valence-corrected chi connectivity index (χ3v) is 7.50. The number of amides is 1. The lowest BCUT2D eigenvalue weighted by Crippen LogP contribution is -2.47. The van der Waals surface area contributed by atoms with Gasteiger partial charge in [-0.15, -0.1) is 11.3 Å². The lowest BCUT2D eigenvalue weighted by atomic mass is 10.1. The molecule has 1 aliphatic rings. The Morgan fingerprint density at radius 1 is 1.36 bits per heavy atom. The van der Waals surface area contributed by atoms with Gasteiger partial charge in [0.1, 0.15) is 4.21 Å². The number of hydrogen-bond donors (Lipinski definition) is 1. The summed E-state index contributed by atoms with van der Waals surface area (Å²) in [6, 6.07) is 3.66. The lowest BCUT2D eigenvalue weighted by molar-refractivity contribution is -0.124. The molecule has 1 N–H and O–H groups in total. The largest absolute Gasteiger partial charge is 0.353 e. The summed E-state index contributed by atoms with van der Waals surface area (Å²) in [6.07, 6.45) is 2.19. The topological polar surface area (TPSA) is 66.5 Å². The summed E-state index contributed by atoms with van der Waals surface area (Å²) in [7, 11) is -3.38. The SMILES string of the molecule is CCc1ccc(S(=O)(=O)N2CCC(NC(=O)C(C)C)CC2)s1. The van der Waals surface area contributed by atoms with Gasteiger partial charge in [-0.1, -0.05) is 20.8 Å². The van der Waals surface area contributed by atoms with Crippen LogP contribution in [0.3, 0.4) is 0 Å². The van der Waals surface area contributed by atoms with E-state index in [1.807, 2.05) is 26.8 Å². The maximum Gasteiger partial charge on any atom is 0.252 e. The van der Waals surface area contributed by atoms with Crippen LogP contribution in [-0.4, -0.2) is 37.8 Å². The van der Waals surface area contributed by atoms with Gasteiger partial charge in [-0.25, -0.2) is 8.42 Å². The molecule has 0 spiro atoms. The Morgan fingerprint density at radius 3 is 2.50 bits per heavy atom. The smallest absolute Gasteiger partial charge is 0.252 e. The Labute approximate surface area is 136 Å². The molecule has 1 fully saturated rings. The number of nitrogens with one attached hydrogen (secondary N) is 1. The number of carbonyl (C=O) groups excluding carboxylic acids is 1. The zero-order chi connectivity index (χ0) is 16.3. The van der Waals surface area contributed by atoms with Crippen LogP contribution >= 0.6 is 11.3 Å². The van der Waals surface area contributed by atoms with Crippen molar-refractivity contribution in [1.82, 2.24) is 9.62 Å². The molecule has 0 saturated carbocycles. The third-order valence-electron chi connectivity index (χ3n) is 3.90. The van der Waals surface area contributed by atoms with Crippen LogP contribution in [-0.2, 0) is 21.2 Å². The molecule has 5 nitrogen and oxygen atoms in total. The summed E-state index contributed by atoms with van der Waals surface area (Å²) < 4.78 is 27.2. The van der Waals surface area contributed by atoms with Crippen molar-refractivity contribution in [3.05, 3.63) is 17.0 Å². The summed E-state index contributed by atoms with van der Waals surface area (Å²) in [5.41, 5.74) is 0. The highest BCUT2D eigenvalue weighted by molar-refractivity contribution is 7.91. The summed E-state index contributed by atoms with van der Waals surface area (Å²) in [4.78, 5) is 12.8. The Balaban J connectivity index is 1.97. The zero-order valence-corrected chi connectivity index (χ0v) is 15.0. The van der Waals surface area contributed by atoms with Crippen molar-refractivity contribution in [2.45, 2.75) is 50.3 Å². The van der Waals surface area contributed by atoms with Crippen molar-refractivity contribution in [1.29, 1.82) is 0 Å². The zero-order valence-electron chi connectivity index (χ0n) is 13.3. The number of carbonyl (C=O) groups is 1. The fourth-order valence-corrected chi connectivity index (χ4v) is 5.34. The van der Waals surface area contributed by atoms with Crippen molar-refractivity contribution in [3.8, 4) is 0 Å². The van der Waals surface area contributed by atoms with E-state index < -0.39 is 10.0 Å². The summed E-state index contributed by atoms with van der Waals surface area (Å²) in [6.45, 7) is 6.66. The molecule has 0 aromatic carbocycles. The average molecular weight is 345 g/mol. The van der Waals surface area contributed by atoms with Crippen LogP contribution < -0.4 is 5.32 Å². The molecule has 1 aromatic rings. The maximum atomic E-state index is 12.6. The molecule has 0 atom stereocenters. The van der Waals surface area contributed by atoms with Crippen molar-refractivity contribution < 1.29 is 13.2 Å². The number of nitrogens with zero attached hydrogens (tertiary/aromatic N) is 1. The first-order chi connectivity index (χ1) is 10.3. The first-order valence-electron chi connectivity index (χ1n) is 7.73. The predicted molar refractivity (Wildman–Crippen MR) is 88.5 cm³/mol. The fourth-order valence-electron chi connectivity index (χ4n) is 2.42. The van der Waals surface area contributed by atoms with E-state index in [1.54, 1.807) is 6.07 Å². The van der Waals surface area contributed by atoms with Crippen LogP contribution in [0.5, 0.6) is 0 Å². The minimum Gasteiger partial charge on any atom is -0.353 e. The molecule has 0 unspecified atom stereocenters. The normalized spacial score (nSPS) is 17.8. The Morgan fingerprint density at radius 2 is 2.00 bits per heavy atom. The van der Waals surface area contributed by atoms with Gasteiger partial charge in [-0.2, -0.15) is 4.31 Å². The molecule has 1 amide bonds. The molecule has 124 valence electrons. The van der Waals surface area contributed by atoms with Gasteiger partial charge in [0.25, 0.3) is 10.0 Å². The number of rotatable bonds is 5. The maximum absolute atomic E-state index is 12.6. The molecule has 7 heteroatoms. The molecule has 0 aliphatic carbocycles. The number of sulfonamides is 1. The van der Waals surface area contributed by atoms with Crippen LogP contribution in [0.15, 0.2) is 16.3 Å². The van der Waals surface area contributed by atoms with E-state index in [1.165, 1.54) is 15.6 Å². The molecule has 1 saturated heterocycles. The Kier molecular flexibility index (Phi) is 5.63. The first-order valence-corrected chi connectivity index (χ1v) is 9.99. The van der Waals surface area contributed by atoms with E-state index >= 15 is 0 Å². The van der Waals surface area contributed by atoms with E-state index in [4.69, 9.17) is 0 Å². The molecule has 0 bridgehead atoms. The number of piperidine rings is 1. The van der Waals surface area contributed by atoms with Crippen LogP contribution in [0.1, 0.15) is 38.5 Å². The Bertz CT molecular complexity index is 614. The summed E-state index contributed by atoms with van der Waals surface area (Å²) in [5.74, 6) is -0.00695. The van der Waals surface area contributed by atoms with Gasteiger partial charge >= 0.3 is 0 Å². The van der Waals surface area contributed by atoms with Gasteiger partial charge in [0.05, 0.1) is 0 Å². The summed E-state index contributed by atoms with van der Waals surface area (Å²) in [5, 5.41) is 2.99. The second-order valence-corrected chi connectivity index (χ2v) is 9.25. The van der Waals surface area contributed by atoms with Gasteiger partial charge in [0, 0.05) is 29.9 Å². The number of hydrogen-bond acceptors (Lipinski definition) is 4. The molecular formula is C15H24N2O3S2. The highest BCUT2D eigenvalue weighted by atomic mass is 32.2. The van der Waals surface area contributed by atoms with Gasteiger partial charge in [0.2, 0.25) is 5.91 Å². The van der Waals surface area contributed by atoms with E-state index in [0.717, 1.165) is 11.3 Å². The molecular weight excluding hydrogens is 320 g/mol. The third kappa shape index (κ3) is 3.88. The van der Waals surface area contributed by atoms with E-state index in [9.17, 15) is 13.2 Å². The first kappa shape index (κ1) is 17.4. The van der Waals surface area contributed by atoms with Crippen LogP contribution in [0.4, 0.5) is 0 Å². The standard InChI is InChI=1S/C15H24N2O3S2/c1-4-13-5-6-14(21-13)22(19,20)17-9-7-12(8-10-17)16-15(18)11(2)3/h5-6,11-12H,4,7-10H2,1-3H3,(H,16,18).